The summed E-state index contributed by atoms with van der Waals surface area (Å²) in [6, 6.07) is 6.67. The maximum atomic E-state index is 3.52. The molecule has 0 unspecified atom stereocenters. The SMILES string of the molecule is CSc1ccc2[nH]c3c(c2c1)CNCC3. The van der Waals surface area contributed by atoms with E-state index in [1.165, 1.54) is 27.1 Å². The number of fused-ring (bicyclic) bond motifs is 3. The molecule has 15 heavy (non-hydrogen) atoms. The minimum atomic E-state index is 1.01. The number of H-pyrrole nitrogens is 1. The summed E-state index contributed by atoms with van der Waals surface area (Å²) in [6.45, 7) is 2.10. The molecule has 0 spiro atoms. The van der Waals surface area contributed by atoms with Gasteiger partial charge < -0.3 is 10.3 Å². The van der Waals surface area contributed by atoms with E-state index in [0.717, 1.165) is 19.5 Å². The third-order valence-electron chi connectivity index (χ3n) is 3.06. The summed E-state index contributed by atoms with van der Waals surface area (Å²) < 4.78 is 0. The van der Waals surface area contributed by atoms with Crippen LogP contribution in [0.5, 0.6) is 0 Å². The quantitative estimate of drug-likeness (QED) is 0.720. The van der Waals surface area contributed by atoms with Crippen LogP contribution in [0, 0.1) is 0 Å². The number of benzene rings is 1. The molecule has 2 N–H and O–H groups in total. The van der Waals surface area contributed by atoms with Gasteiger partial charge in [-0.2, -0.15) is 0 Å². The average Bonchev–Trinajstić information content (AvgIpc) is 2.66. The van der Waals surface area contributed by atoms with Crippen molar-refractivity contribution < 1.29 is 0 Å². The molecule has 1 aliphatic rings. The van der Waals surface area contributed by atoms with E-state index in [9.17, 15) is 0 Å². The Morgan fingerprint density at radius 1 is 1.33 bits per heavy atom. The first-order valence-electron chi connectivity index (χ1n) is 5.26. The lowest BCUT2D eigenvalue weighted by atomic mass is 10.1. The van der Waals surface area contributed by atoms with Gasteiger partial charge in [-0.3, -0.25) is 0 Å². The van der Waals surface area contributed by atoms with Gasteiger partial charge >= 0.3 is 0 Å². The maximum Gasteiger partial charge on any atom is 0.0460 e. The lowest BCUT2D eigenvalue weighted by molar-refractivity contribution is 0.641. The van der Waals surface area contributed by atoms with Gasteiger partial charge in [-0.15, -0.1) is 11.8 Å². The molecule has 0 fully saturated rings. The van der Waals surface area contributed by atoms with Crippen molar-refractivity contribution in [3.05, 3.63) is 29.5 Å². The van der Waals surface area contributed by atoms with Gasteiger partial charge in [0.25, 0.3) is 0 Å². The molecule has 2 heterocycles. The predicted molar refractivity (Wildman–Crippen MR) is 65.5 cm³/mol. The fraction of sp³-hybridized carbons (Fsp3) is 0.333. The Bertz CT molecular complexity index is 502. The number of nitrogens with one attached hydrogen (secondary N) is 2. The summed E-state index contributed by atoms with van der Waals surface area (Å²) in [5.74, 6) is 0. The van der Waals surface area contributed by atoms with Crippen molar-refractivity contribution in [3.8, 4) is 0 Å². The largest absolute Gasteiger partial charge is 0.358 e. The van der Waals surface area contributed by atoms with Gasteiger partial charge in [0.05, 0.1) is 0 Å². The molecule has 0 saturated carbocycles. The van der Waals surface area contributed by atoms with E-state index in [0.29, 0.717) is 0 Å². The Morgan fingerprint density at radius 3 is 3.13 bits per heavy atom. The van der Waals surface area contributed by atoms with Crippen molar-refractivity contribution in [1.82, 2.24) is 10.3 Å². The van der Waals surface area contributed by atoms with Crippen molar-refractivity contribution in [1.29, 1.82) is 0 Å². The van der Waals surface area contributed by atoms with Crippen LogP contribution in [0.25, 0.3) is 10.9 Å². The van der Waals surface area contributed by atoms with Crippen LogP contribution in [-0.2, 0) is 13.0 Å². The summed E-state index contributed by atoms with van der Waals surface area (Å²) in [5.41, 5.74) is 4.16. The highest BCUT2D eigenvalue weighted by molar-refractivity contribution is 7.98. The van der Waals surface area contributed by atoms with Crippen LogP contribution in [0.1, 0.15) is 11.3 Å². The lowest BCUT2D eigenvalue weighted by Gasteiger charge is -2.12. The van der Waals surface area contributed by atoms with Crippen molar-refractivity contribution >= 4 is 22.7 Å². The third kappa shape index (κ3) is 1.46. The molecule has 0 atom stereocenters. The van der Waals surface area contributed by atoms with Gasteiger partial charge in [0.15, 0.2) is 0 Å². The Morgan fingerprint density at radius 2 is 2.27 bits per heavy atom. The van der Waals surface area contributed by atoms with E-state index in [-0.39, 0.29) is 0 Å². The maximum absolute atomic E-state index is 3.52. The summed E-state index contributed by atoms with van der Waals surface area (Å²) >= 11 is 1.80. The van der Waals surface area contributed by atoms with Crippen molar-refractivity contribution in [3.63, 3.8) is 0 Å². The Labute approximate surface area is 93.4 Å². The predicted octanol–water partition coefficient (Wildman–Crippen LogP) is 2.54. The molecule has 3 rings (SSSR count). The molecule has 0 bridgehead atoms. The molecule has 2 aromatic rings. The van der Waals surface area contributed by atoms with Gasteiger partial charge in [-0.05, 0) is 30.0 Å². The number of thioether (sulfide) groups is 1. The van der Waals surface area contributed by atoms with Gasteiger partial charge in [0.1, 0.15) is 0 Å². The second kappa shape index (κ2) is 3.58. The van der Waals surface area contributed by atoms with E-state index in [2.05, 4.69) is 34.8 Å². The van der Waals surface area contributed by atoms with Crippen LogP contribution in [-0.4, -0.2) is 17.8 Å². The Balaban J connectivity index is 2.24. The molecule has 1 aliphatic heterocycles. The van der Waals surface area contributed by atoms with Crippen LogP contribution in [0.3, 0.4) is 0 Å². The number of hydrogen-bond acceptors (Lipinski definition) is 2. The number of hydrogen-bond donors (Lipinski definition) is 2. The van der Waals surface area contributed by atoms with E-state index in [1.54, 1.807) is 11.8 Å². The zero-order chi connectivity index (χ0) is 10.3. The standard InChI is InChI=1S/C12H14N2S/c1-15-8-2-3-11-9(6-8)10-7-13-5-4-12(10)14-11/h2-3,6,13-14H,4-5,7H2,1H3. The fourth-order valence-corrected chi connectivity index (χ4v) is 2.69. The first-order chi connectivity index (χ1) is 7.38. The van der Waals surface area contributed by atoms with Gasteiger partial charge in [-0.25, -0.2) is 0 Å². The second-order valence-electron chi connectivity index (χ2n) is 3.92. The van der Waals surface area contributed by atoms with Crippen LogP contribution in [0.4, 0.5) is 0 Å². The summed E-state index contributed by atoms with van der Waals surface area (Å²) in [6.07, 6.45) is 3.25. The molecular weight excluding hydrogens is 204 g/mol. The van der Waals surface area contributed by atoms with Crippen LogP contribution >= 0.6 is 11.8 Å². The fourth-order valence-electron chi connectivity index (χ4n) is 2.25. The first-order valence-corrected chi connectivity index (χ1v) is 6.49. The van der Waals surface area contributed by atoms with Crippen molar-refractivity contribution in [2.24, 2.45) is 0 Å². The lowest BCUT2D eigenvalue weighted by Crippen LogP contribution is -2.22. The second-order valence-corrected chi connectivity index (χ2v) is 4.80. The highest BCUT2D eigenvalue weighted by Crippen LogP contribution is 2.28. The highest BCUT2D eigenvalue weighted by atomic mass is 32.2. The number of aromatic amines is 1. The summed E-state index contributed by atoms with van der Waals surface area (Å²) in [5, 5.41) is 4.82. The van der Waals surface area contributed by atoms with Crippen molar-refractivity contribution in [2.45, 2.75) is 17.9 Å². The topological polar surface area (TPSA) is 27.8 Å². The molecule has 1 aromatic carbocycles. The molecule has 78 valence electrons. The van der Waals surface area contributed by atoms with Crippen molar-refractivity contribution in [2.75, 3.05) is 12.8 Å². The number of aromatic nitrogens is 1. The Hall–Kier alpha value is -0.930. The van der Waals surface area contributed by atoms with Gasteiger partial charge in [0, 0.05) is 41.0 Å². The highest BCUT2D eigenvalue weighted by Gasteiger charge is 2.14. The summed E-state index contributed by atoms with van der Waals surface area (Å²) in [4.78, 5) is 4.86. The van der Waals surface area contributed by atoms with Gasteiger partial charge in [0.2, 0.25) is 0 Å². The normalized spacial score (nSPS) is 15.5. The molecule has 0 saturated heterocycles. The zero-order valence-electron chi connectivity index (χ0n) is 8.76. The van der Waals surface area contributed by atoms with E-state index < -0.39 is 0 Å². The van der Waals surface area contributed by atoms with Crippen LogP contribution < -0.4 is 5.32 Å². The van der Waals surface area contributed by atoms with E-state index in [4.69, 9.17) is 0 Å². The first kappa shape index (κ1) is 9.31. The number of rotatable bonds is 1. The minimum absolute atomic E-state index is 1.01. The van der Waals surface area contributed by atoms with Crippen LogP contribution in [0.2, 0.25) is 0 Å². The molecule has 0 aliphatic carbocycles. The van der Waals surface area contributed by atoms with Gasteiger partial charge in [-0.1, -0.05) is 0 Å². The van der Waals surface area contributed by atoms with E-state index >= 15 is 0 Å². The molecule has 0 radical (unpaired) electrons. The molecular formula is C12H14N2S. The molecule has 0 amide bonds. The Kier molecular flexibility index (Phi) is 2.22. The smallest absolute Gasteiger partial charge is 0.0460 e. The molecule has 2 nitrogen and oxygen atoms in total. The molecule has 3 heteroatoms. The third-order valence-corrected chi connectivity index (χ3v) is 3.78. The molecule has 1 aromatic heterocycles. The average molecular weight is 218 g/mol. The zero-order valence-corrected chi connectivity index (χ0v) is 9.58. The minimum Gasteiger partial charge on any atom is -0.358 e. The monoisotopic (exact) mass is 218 g/mol. The summed E-state index contributed by atoms with van der Waals surface area (Å²) in [7, 11) is 0. The van der Waals surface area contributed by atoms with E-state index in [1.807, 2.05) is 0 Å². The van der Waals surface area contributed by atoms with Crippen LogP contribution in [0.15, 0.2) is 23.1 Å².